The van der Waals surface area contributed by atoms with E-state index in [9.17, 15) is 0 Å². The SMILES string of the molecule is CNc1nc(N)c2nonc2n1. The average Bonchev–Trinajstić information content (AvgIpc) is 2.52. The number of hydrogen-bond donors (Lipinski definition) is 2. The van der Waals surface area contributed by atoms with Crippen LogP contribution in [0.15, 0.2) is 4.63 Å². The van der Waals surface area contributed by atoms with Gasteiger partial charge in [0.05, 0.1) is 0 Å². The van der Waals surface area contributed by atoms with Crippen LogP contribution < -0.4 is 11.1 Å². The van der Waals surface area contributed by atoms with Gasteiger partial charge in [-0.05, 0) is 10.3 Å². The molecule has 0 spiro atoms. The predicted molar refractivity (Wildman–Crippen MR) is 41.4 cm³/mol. The number of rotatable bonds is 1. The summed E-state index contributed by atoms with van der Waals surface area (Å²) < 4.78 is 4.43. The molecule has 2 rings (SSSR count). The van der Waals surface area contributed by atoms with Crippen LogP contribution in [0.4, 0.5) is 11.8 Å². The molecule has 2 heterocycles. The quantitative estimate of drug-likeness (QED) is 0.596. The summed E-state index contributed by atoms with van der Waals surface area (Å²) in [5.74, 6) is 0.654. The van der Waals surface area contributed by atoms with Gasteiger partial charge in [-0.25, -0.2) is 4.63 Å². The van der Waals surface area contributed by atoms with E-state index < -0.39 is 0 Å². The van der Waals surface area contributed by atoms with Gasteiger partial charge in [-0.3, -0.25) is 0 Å². The summed E-state index contributed by atoms with van der Waals surface area (Å²) in [7, 11) is 1.69. The Morgan fingerprint density at radius 1 is 1.33 bits per heavy atom. The first kappa shape index (κ1) is 6.77. The Labute approximate surface area is 66.9 Å². The second-order valence-corrected chi connectivity index (χ2v) is 2.12. The Hall–Kier alpha value is -1.92. The highest BCUT2D eigenvalue weighted by Gasteiger charge is 2.08. The molecule has 0 saturated heterocycles. The standard InChI is InChI=1S/C5H6N6O/c1-7-5-8-3(6)2-4(9-5)11-12-10-2/h1H3,(H3,6,7,8,9,11). The molecule has 0 radical (unpaired) electrons. The van der Waals surface area contributed by atoms with Gasteiger partial charge in [-0.1, -0.05) is 0 Å². The Bertz CT molecular complexity index is 409. The first-order valence-electron chi connectivity index (χ1n) is 3.25. The Kier molecular flexibility index (Phi) is 1.29. The molecule has 2 aromatic heterocycles. The van der Waals surface area contributed by atoms with Crippen molar-refractivity contribution in [1.29, 1.82) is 0 Å². The molecule has 0 bridgehead atoms. The second-order valence-electron chi connectivity index (χ2n) is 2.12. The molecule has 12 heavy (non-hydrogen) atoms. The fraction of sp³-hybridized carbons (Fsp3) is 0.200. The van der Waals surface area contributed by atoms with Crippen LogP contribution in [-0.2, 0) is 0 Å². The van der Waals surface area contributed by atoms with Crippen LogP contribution in [0.2, 0.25) is 0 Å². The molecule has 62 valence electrons. The minimum atomic E-state index is 0.255. The van der Waals surface area contributed by atoms with Crippen LogP contribution in [-0.4, -0.2) is 27.3 Å². The minimum absolute atomic E-state index is 0.255. The number of aromatic nitrogens is 4. The Morgan fingerprint density at radius 2 is 2.17 bits per heavy atom. The second kappa shape index (κ2) is 2.29. The van der Waals surface area contributed by atoms with Gasteiger partial charge in [0, 0.05) is 7.05 Å². The molecule has 0 aliphatic heterocycles. The maximum atomic E-state index is 5.52. The van der Waals surface area contributed by atoms with E-state index in [1.807, 2.05) is 0 Å². The zero-order valence-corrected chi connectivity index (χ0v) is 6.27. The van der Waals surface area contributed by atoms with Crippen LogP contribution in [0, 0.1) is 0 Å². The third-order valence-corrected chi connectivity index (χ3v) is 1.38. The summed E-state index contributed by atoms with van der Waals surface area (Å²) in [5, 5.41) is 9.80. The summed E-state index contributed by atoms with van der Waals surface area (Å²) in [6.07, 6.45) is 0. The van der Waals surface area contributed by atoms with E-state index in [4.69, 9.17) is 5.73 Å². The van der Waals surface area contributed by atoms with E-state index in [0.29, 0.717) is 17.1 Å². The lowest BCUT2D eigenvalue weighted by atomic mass is 10.5. The van der Waals surface area contributed by atoms with Gasteiger partial charge >= 0.3 is 0 Å². The topological polar surface area (TPSA) is 103 Å². The monoisotopic (exact) mass is 166 g/mol. The number of hydrogen-bond acceptors (Lipinski definition) is 7. The molecule has 0 saturated carbocycles. The highest BCUT2D eigenvalue weighted by Crippen LogP contribution is 2.14. The lowest BCUT2D eigenvalue weighted by Gasteiger charge is -1.96. The van der Waals surface area contributed by atoms with Crippen molar-refractivity contribution in [2.75, 3.05) is 18.1 Å². The fourth-order valence-corrected chi connectivity index (χ4v) is 0.823. The van der Waals surface area contributed by atoms with Crippen molar-refractivity contribution in [3.8, 4) is 0 Å². The number of fused-ring (bicyclic) bond motifs is 1. The highest BCUT2D eigenvalue weighted by molar-refractivity contribution is 5.80. The fourth-order valence-electron chi connectivity index (χ4n) is 0.823. The van der Waals surface area contributed by atoms with Gasteiger partial charge < -0.3 is 11.1 Å². The van der Waals surface area contributed by atoms with Crippen LogP contribution >= 0.6 is 0 Å². The van der Waals surface area contributed by atoms with Crippen molar-refractivity contribution in [3.05, 3.63) is 0 Å². The number of nitrogens with two attached hydrogens (primary N) is 1. The number of nitrogens with one attached hydrogen (secondary N) is 1. The van der Waals surface area contributed by atoms with Crippen molar-refractivity contribution in [2.45, 2.75) is 0 Å². The van der Waals surface area contributed by atoms with Gasteiger partial charge in [0.25, 0.3) is 0 Å². The van der Waals surface area contributed by atoms with Gasteiger partial charge in [0.2, 0.25) is 11.6 Å². The normalized spacial score (nSPS) is 10.4. The molecule has 7 nitrogen and oxygen atoms in total. The summed E-state index contributed by atoms with van der Waals surface area (Å²) in [4.78, 5) is 7.83. The minimum Gasteiger partial charge on any atom is -0.382 e. The zero-order valence-electron chi connectivity index (χ0n) is 6.27. The molecule has 0 fully saturated rings. The average molecular weight is 166 g/mol. The molecule has 0 unspecified atom stereocenters. The summed E-state index contributed by atoms with van der Waals surface area (Å²) in [6.45, 7) is 0. The first-order chi connectivity index (χ1) is 5.81. The predicted octanol–water partition coefficient (Wildman–Crippen LogP) is -0.363. The maximum Gasteiger partial charge on any atom is 0.231 e. The summed E-state index contributed by atoms with van der Waals surface area (Å²) in [6, 6.07) is 0. The molecular weight excluding hydrogens is 160 g/mol. The lowest BCUT2D eigenvalue weighted by molar-refractivity contribution is 0.315. The molecule has 0 amide bonds. The molecule has 7 heteroatoms. The molecular formula is C5H6N6O. The molecule has 3 N–H and O–H groups in total. The first-order valence-corrected chi connectivity index (χ1v) is 3.25. The van der Waals surface area contributed by atoms with Gasteiger partial charge in [-0.2, -0.15) is 9.97 Å². The van der Waals surface area contributed by atoms with Crippen molar-refractivity contribution in [2.24, 2.45) is 0 Å². The van der Waals surface area contributed by atoms with Crippen molar-refractivity contribution < 1.29 is 4.63 Å². The summed E-state index contributed by atoms with van der Waals surface area (Å²) >= 11 is 0. The lowest BCUT2D eigenvalue weighted by Crippen LogP contribution is -2.00. The van der Waals surface area contributed by atoms with Crippen molar-refractivity contribution in [3.63, 3.8) is 0 Å². The van der Waals surface area contributed by atoms with E-state index in [-0.39, 0.29) is 5.82 Å². The Morgan fingerprint density at radius 3 is 2.92 bits per heavy atom. The maximum absolute atomic E-state index is 5.52. The van der Waals surface area contributed by atoms with E-state index >= 15 is 0 Å². The van der Waals surface area contributed by atoms with Gasteiger partial charge in [-0.15, -0.1) is 0 Å². The number of nitrogen functional groups attached to an aromatic ring is 1. The molecule has 0 aromatic carbocycles. The van der Waals surface area contributed by atoms with E-state index in [0.717, 1.165) is 0 Å². The highest BCUT2D eigenvalue weighted by atomic mass is 16.6. The van der Waals surface area contributed by atoms with Crippen molar-refractivity contribution in [1.82, 2.24) is 20.3 Å². The molecule has 0 atom stereocenters. The number of nitrogens with zero attached hydrogens (tertiary/aromatic N) is 4. The Balaban J connectivity index is 2.75. The van der Waals surface area contributed by atoms with E-state index in [2.05, 4.69) is 30.2 Å². The van der Waals surface area contributed by atoms with Crippen LogP contribution in [0.1, 0.15) is 0 Å². The zero-order chi connectivity index (χ0) is 8.55. The van der Waals surface area contributed by atoms with Gasteiger partial charge in [0.15, 0.2) is 11.3 Å². The summed E-state index contributed by atoms with van der Waals surface area (Å²) in [5.41, 5.74) is 6.26. The van der Waals surface area contributed by atoms with Crippen molar-refractivity contribution >= 4 is 22.9 Å². The third-order valence-electron chi connectivity index (χ3n) is 1.38. The molecule has 2 aromatic rings. The number of anilines is 2. The smallest absolute Gasteiger partial charge is 0.231 e. The largest absolute Gasteiger partial charge is 0.382 e. The van der Waals surface area contributed by atoms with Gasteiger partial charge in [0.1, 0.15) is 0 Å². The van der Waals surface area contributed by atoms with Crippen LogP contribution in [0.5, 0.6) is 0 Å². The molecule has 0 aliphatic carbocycles. The molecule has 0 aliphatic rings. The van der Waals surface area contributed by atoms with E-state index in [1.165, 1.54) is 0 Å². The van der Waals surface area contributed by atoms with Crippen LogP contribution in [0.25, 0.3) is 11.2 Å². The van der Waals surface area contributed by atoms with E-state index in [1.54, 1.807) is 7.05 Å². The third kappa shape index (κ3) is 0.831. The van der Waals surface area contributed by atoms with Crippen LogP contribution in [0.3, 0.4) is 0 Å².